The van der Waals surface area contributed by atoms with Crippen molar-refractivity contribution in [2.24, 2.45) is 0 Å². The lowest BCUT2D eigenvalue weighted by atomic mass is 10.1. The molecule has 0 saturated carbocycles. The third-order valence-electron chi connectivity index (χ3n) is 7.00. The van der Waals surface area contributed by atoms with Crippen molar-refractivity contribution >= 4 is 0 Å². The molecule has 3 nitrogen and oxygen atoms in total. The fourth-order valence-corrected chi connectivity index (χ4v) is 4.74. The van der Waals surface area contributed by atoms with Gasteiger partial charge in [-0.1, -0.05) is 129 Å². The van der Waals surface area contributed by atoms with Crippen LogP contribution in [0.1, 0.15) is 155 Å². The molecule has 0 aliphatic heterocycles. The molecule has 0 fully saturated rings. The highest BCUT2D eigenvalue weighted by Gasteiger charge is 2.05. The summed E-state index contributed by atoms with van der Waals surface area (Å²) in [7, 11) is 0. The first-order valence-electron chi connectivity index (χ1n) is 15.4. The van der Waals surface area contributed by atoms with Crippen LogP contribution in [0.4, 0.5) is 0 Å². The van der Waals surface area contributed by atoms with Gasteiger partial charge in [0.2, 0.25) is 0 Å². The van der Waals surface area contributed by atoms with Crippen molar-refractivity contribution in [2.75, 3.05) is 39.3 Å². The van der Waals surface area contributed by atoms with Crippen molar-refractivity contribution in [3.63, 3.8) is 0 Å². The van der Waals surface area contributed by atoms with Crippen LogP contribution in [-0.2, 0) is 0 Å². The fourth-order valence-electron chi connectivity index (χ4n) is 4.74. The maximum absolute atomic E-state index is 8.91. The number of aliphatic hydroxyl groups is 1. The third-order valence-corrected chi connectivity index (χ3v) is 7.00. The van der Waals surface area contributed by atoms with Crippen LogP contribution in [0.2, 0.25) is 0 Å². The van der Waals surface area contributed by atoms with Crippen LogP contribution in [-0.4, -0.2) is 49.3 Å². The van der Waals surface area contributed by atoms with E-state index in [0.717, 1.165) is 19.5 Å². The first-order chi connectivity index (χ1) is 16.3. The highest BCUT2D eigenvalue weighted by molar-refractivity contribution is 4.61. The van der Waals surface area contributed by atoms with Crippen LogP contribution in [0.3, 0.4) is 0 Å². The van der Waals surface area contributed by atoms with Crippen molar-refractivity contribution in [1.29, 1.82) is 0 Å². The third kappa shape index (κ3) is 28.0. The molecule has 0 aromatic heterocycles. The van der Waals surface area contributed by atoms with E-state index >= 15 is 0 Å². The van der Waals surface area contributed by atoms with Gasteiger partial charge in [-0.25, -0.2) is 0 Å². The van der Waals surface area contributed by atoms with Gasteiger partial charge in [0.15, 0.2) is 0 Å². The second kappa shape index (κ2) is 29.9. The number of aliphatic hydroxyl groups excluding tert-OH is 1. The van der Waals surface area contributed by atoms with E-state index in [-0.39, 0.29) is 0 Å². The van der Waals surface area contributed by atoms with Crippen molar-refractivity contribution in [1.82, 2.24) is 10.2 Å². The van der Waals surface area contributed by atoms with Crippen LogP contribution in [0.15, 0.2) is 0 Å². The number of hydrogen-bond acceptors (Lipinski definition) is 3. The summed E-state index contributed by atoms with van der Waals surface area (Å²) in [6.07, 6.45) is 30.6. The van der Waals surface area contributed by atoms with Gasteiger partial charge in [-0.2, -0.15) is 0 Å². The van der Waals surface area contributed by atoms with E-state index in [2.05, 4.69) is 24.1 Å². The Labute approximate surface area is 209 Å². The second-order valence-electron chi connectivity index (χ2n) is 10.4. The Morgan fingerprint density at radius 1 is 0.424 bits per heavy atom. The van der Waals surface area contributed by atoms with Gasteiger partial charge in [-0.15, -0.1) is 0 Å². The van der Waals surface area contributed by atoms with Crippen molar-refractivity contribution in [3.05, 3.63) is 0 Å². The summed E-state index contributed by atoms with van der Waals surface area (Å²) in [5.41, 5.74) is 0. The Morgan fingerprint density at radius 2 is 0.758 bits per heavy atom. The summed E-state index contributed by atoms with van der Waals surface area (Å²) in [4.78, 5) is 2.74. The predicted molar refractivity (Wildman–Crippen MR) is 149 cm³/mol. The molecule has 0 unspecified atom stereocenters. The van der Waals surface area contributed by atoms with Gasteiger partial charge in [0.25, 0.3) is 0 Å². The van der Waals surface area contributed by atoms with E-state index in [1.165, 1.54) is 154 Å². The Kier molecular flexibility index (Phi) is 29.8. The smallest absolute Gasteiger partial charge is 0.0443 e. The van der Waals surface area contributed by atoms with Crippen LogP contribution >= 0.6 is 0 Å². The van der Waals surface area contributed by atoms with Crippen molar-refractivity contribution in [2.45, 2.75) is 155 Å². The lowest BCUT2D eigenvalue weighted by Gasteiger charge is -2.22. The first-order valence-corrected chi connectivity index (χ1v) is 15.4. The fraction of sp³-hybridized carbons (Fsp3) is 1.00. The minimum Gasteiger partial charge on any atom is -0.396 e. The van der Waals surface area contributed by atoms with E-state index in [4.69, 9.17) is 5.11 Å². The first kappa shape index (κ1) is 32.9. The molecule has 0 aliphatic carbocycles. The van der Waals surface area contributed by atoms with E-state index in [9.17, 15) is 0 Å². The number of nitrogens with one attached hydrogen (secondary N) is 1. The zero-order valence-electron chi connectivity index (χ0n) is 23.2. The van der Waals surface area contributed by atoms with E-state index < -0.39 is 0 Å². The molecule has 0 radical (unpaired) electrons. The summed E-state index contributed by atoms with van der Waals surface area (Å²) in [5.74, 6) is 0. The quantitative estimate of drug-likeness (QED) is 0.108. The van der Waals surface area contributed by atoms with Crippen LogP contribution in [0.25, 0.3) is 0 Å². The van der Waals surface area contributed by atoms with Gasteiger partial charge in [-0.05, 0) is 58.4 Å². The molecule has 0 spiro atoms. The topological polar surface area (TPSA) is 35.5 Å². The molecule has 0 aromatic carbocycles. The molecular weight excluding hydrogens is 404 g/mol. The summed E-state index contributed by atoms with van der Waals surface area (Å²) in [5, 5.41) is 12.4. The van der Waals surface area contributed by atoms with Crippen molar-refractivity contribution in [3.8, 4) is 0 Å². The standard InChI is InChI=1S/C30H64N2O/c1-3-5-7-9-11-13-15-17-19-21-27-32(29-23-25-31-26-24-30-33)28-22-20-18-16-14-12-10-8-6-4-2/h31,33H,3-30H2,1-2H3. The van der Waals surface area contributed by atoms with Crippen LogP contribution < -0.4 is 5.32 Å². The maximum Gasteiger partial charge on any atom is 0.0443 e. The monoisotopic (exact) mass is 469 g/mol. The summed E-state index contributed by atoms with van der Waals surface area (Å²) in [6, 6.07) is 0. The summed E-state index contributed by atoms with van der Waals surface area (Å²) < 4.78 is 0. The second-order valence-corrected chi connectivity index (χ2v) is 10.4. The molecule has 3 heteroatoms. The normalized spacial score (nSPS) is 11.6. The number of hydrogen-bond donors (Lipinski definition) is 2. The van der Waals surface area contributed by atoms with E-state index in [1.54, 1.807) is 0 Å². The van der Waals surface area contributed by atoms with Crippen molar-refractivity contribution < 1.29 is 5.11 Å². The van der Waals surface area contributed by atoms with Gasteiger partial charge in [0.1, 0.15) is 0 Å². The Bertz CT molecular complexity index is 313. The largest absolute Gasteiger partial charge is 0.396 e. The predicted octanol–water partition coefficient (Wildman–Crippen LogP) is 8.49. The van der Waals surface area contributed by atoms with Gasteiger partial charge in [-0.3, -0.25) is 0 Å². The molecule has 200 valence electrons. The van der Waals surface area contributed by atoms with E-state index in [0.29, 0.717) is 6.61 Å². The molecule has 0 aromatic rings. The Hall–Kier alpha value is -0.120. The van der Waals surface area contributed by atoms with Crippen LogP contribution in [0.5, 0.6) is 0 Å². The molecule has 0 aliphatic rings. The van der Waals surface area contributed by atoms with Gasteiger partial charge >= 0.3 is 0 Å². The molecule has 0 amide bonds. The Balaban J connectivity index is 3.79. The number of unbranched alkanes of at least 4 members (excludes halogenated alkanes) is 18. The maximum atomic E-state index is 8.91. The average Bonchev–Trinajstić information content (AvgIpc) is 2.83. The minimum absolute atomic E-state index is 0.302. The SMILES string of the molecule is CCCCCCCCCCCCN(CCCCCCCCCCCC)CCCNCCCO. The van der Waals surface area contributed by atoms with Gasteiger partial charge in [0.05, 0.1) is 0 Å². The summed E-state index contributed by atoms with van der Waals surface area (Å²) in [6.45, 7) is 10.8. The van der Waals surface area contributed by atoms with Gasteiger partial charge in [0, 0.05) is 6.61 Å². The zero-order valence-corrected chi connectivity index (χ0v) is 23.2. The van der Waals surface area contributed by atoms with Crippen LogP contribution in [0, 0.1) is 0 Å². The lowest BCUT2D eigenvalue weighted by Crippen LogP contribution is -2.30. The van der Waals surface area contributed by atoms with E-state index in [1.807, 2.05) is 0 Å². The summed E-state index contributed by atoms with van der Waals surface area (Å²) >= 11 is 0. The highest BCUT2D eigenvalue weighted by atomic mass is 16.3. The molecular formula is C30H64N2O. The van der Waals surface area contributed by atoms with Gasteiger partial charge < -0.3 is 15.3 Å². The molecule has 0 heterocycles. The molecule has 0 atom stereocenters. The number of rotatable bonds is 29. The minimum atomic E-state index is 0.302. The molecule has 33 heavy (non-hydrogen) atoms. The molecule has 2 N–H and O–H groups in total. The average molecular weight is 469 g/mol. The lowest BCUT2D eigenvalue weighted by molar-refractivity contribution is 0.254. The Morgan fingerprint density at radius 3 is 1.15 bits per heavy atom. The number of nitrogens with zero attached hydrogens (tertiary/aromatic N) is 1. The molecule has 0 saturated heterocycles. The molecule has 0 bridgehead atoms. The highest BCUT2D eigenvalue weighted by Crippen LogP contribution is 2.13. The zero-order chi connectivity index (χ0) is 24.1. The molecule has 0 rings (SSSR count).